The predicted octanol–water partition coefficient (Wildman–Crippen LogP) is 2.31. The normalized spacial score (nSPS) is 19.6. The maximum absolute atomic E-state index is 5.45. The van der Waals surface area contributed by atoms with E-state index in [1.807, 2.05) is 7.05 Å². The van der Waals surface area contributed by atoms with Gasteiger partial charge in [0.05, 0.1) is 13.2 Å². The first-order valence-corrected chi connectivity index (χ1v) is 6.27. The molecule has 1 atom stereocenters. The van der Waals surface area contributed by atoms with Crippen LogP contribution in [0.3, 0.4) is 0 Å². The number of unbranched alkanes of at least 4 members (excludes halogenated alkanes) is 3. The van der Waals surface area contributed by atoms with Crippen molar-refractivity contribution in [1.29, 1.82) is 0 Å². The molecule has 0 amide bonds. The highest BCUT2D eigenvalue weighted by molar-refractivity contribution is 4.68. The van der Waals surface area contributed by atoms with Crippen LogP contribution in [-0.4, -0.2) is 32.6 Å². The number of nitrogens with one attached hydrogen (secondary N) is 1. The van der Waals surface area contributed by atoms with Crippen LogP contribution in [0.4, 0.5) is 0 Å². The summed E-state index contributed by atoms with van der Waals surface area (Å²) in [5.41, 5.74) is 0. The molecule has 3 nitrogen and oxygen atoms in total. The van der Waals surface area contributed by atoms with Crippen LogP contribution in [0.25, 0.3) is 0 Å². The molecular weight excluding hydrogens is 190 g/mol. The van der Waals surface area contributed by atoms with E-state index in [-0.39, 0.29) is 6.29 Å². The molecule has 15 heavy (non-hydrogen) atoms. The summed E-state index contributed by atoms with van der Waals surface area (Å²) >= 11 is 0. The van der Waals surface area contributed by atoms with Crippen LogP contribution in [0.15, 0.2) is 0 Å². The summed E-state index contributed by atoms with van der Waals surface area (Å²) in [7, 11) is 2.03. The van der Waals surface area contributed by atoms with Gasteiger partial charge >= 0.3 is 0 Å². The second-order valence-electron chi connectivity index (χ2n) is 4.24. The topological polar surface area (TPSA) is 30.5 Å². The molecule has 1 heterocycles. The number of hydrogen-bond acceptors (Lipinski definition) is 3. The molecule has 0 spiro atoms. The van der Waals surface area contributed by atoms with E-state index < -0.39 is 0 Å². The third-order valence-electron chi connectivity index (χ3n) is 2.98. The van der Waals surface area contributed by atoms with Gasteiger partial charge in [0.2, 0.25) is 0 Å². The van der Waals surface area contributed by atoms with Gasteiger partial charge in [-0.25, -0.2) is 0 Å². The molecule has 0 aromatic rings. The van der Waals surface area contributed by atoms with Gasteiger partial charge in [-0.15, -0.1) is 0 Å². The number of rotatable bonds is 8. The largest absolute Gasteiger partial charge is 0.350 e. The van der Waals surface area contributed by atoms with Gasteiger partial charge in [0.15, 0.2) is 6.29 Å². The van der Waals surface area contributed by atoms with Gasteiger partial charge in [0, 0.05) is 12.5 Å². The molecule has 90 valence electrons. The molecule has 1 rings (SSSR count). The van der Waals surface area contributed by atoms with Crippen LogP contribution < -0.4 is 5.32 Å². The van der Waals surface area contributed by atoms with Gasteiger partial charge in [-0.1, -0.05) is 32.6 Å². The molecule has 1 aliphatic heterocycles. The van der Waals surface area contributed by atoms with Crippen molar-refractivity contribution in [3.8, 4) is 0 Å². The minimum Gasteiger partial charge on any atom is -0.350 e. The van der Waals surface area contributed by atoms with Crippen molar-refractivity contribution < 1.29 is 9.47 Å². The summed E-state index contributed by atoms with van der Waals surface area (Å²) in [5.74, 6) is 0. The van der Waals surface area contributed by atoms with Gasteiger partial charge in [-0.05, 0) is 13.5 Å². The van der Waals surface area contributed by atoms with Crippen molar-refractivity contribution in [2.24, 2.45) is 0 Å². The highest BCUT2D eigenvalue weighted by Crippen LogP contribution is 2.14. The smallest absolute Gasteiger partial charge is 0.159 e. The Morgan fingerprint density at radius 1 is 1.20 bits per heavy atom. The minimum atomic E-state index is 0.0358. The molecule has 0 saturated carbocycles. The molecule has 1 unspecified atom stereocenters. The predicted molar refractivity (Wildman–Crippen MR) is 61.9 cm³/mol. The molecule has 0 aromatic carbocycles. The lowest BCUT2D eigenvalue weighted by molar-refractivity contribution is -0.0528. The first kappa shape index (κ1) is 12.9. The molecule has 1 N–H and O–H groups in total. The molecule has 1 fully saturated rings. The Kier molecular flexibility index (Phi) is 6.98. The van der Waals surface area contributed by atoms with Gasteiger partial charge < -0.3 is 14.8 Å². The Morgan fingerprint density at radius 3 is 2.53 bits per heavy atom. The second kappa shape index (κ2) is 8.08. The van der Waals surface area contributed by atoms with E-state index in [4.69, 9.17) is 9.47 Å². The van der Waals surface area contributed by atoms with Crippen LogP contribution in [-0.2, 0) is 9.47 Å². The van der Waals surface area contributed by atoms with Crippen molar-refractivity contribution in [2.75, 3.05) is 20.3 Å². The lowest BCUT2D eigenvalue weighted by Crippen LogP contribution is -2.30. The van der Waals surface area contributed by atoms with Crippen molar-refractivity contribution in [3.63, 3.8) is 0 Å². The Balaban J connectivity index is 2.06. The summed E-state index contributed by atoms with van der Waals surface area (Å²) in [6.45, 7) is 3.77. The zero-order valence-electron chi connectivity index (χ0n) is 10.1. The maximum Gasteiger partial charge on any atom is 0.159 e. The standard InChI is InChI=1S/C12H25NO2/c1-3-4-5-6-7-11(13-2)10-12-14-8-9-15-12/h11-13H,3-10H2,1-2H3. The van der Waals surface area contributed by atoms with Crippen molar-refractivity contribution in [1.82, 2.24) is 5.32 Å². The van der Waals surface area contributed by atoms with Gasteiger partial charge in [-0.2, -0.15) is 0 Å². The van der Waals surface area contributed by atoms with Crippen LogP contribution in [0.2, 0.25) is 0 Å². The average molecular weight is 215 g/mol. The molecule has 0 aromatic heterocycles. The first-order valence-electron chi connectivity index (χ1n) is 6.27. The lowest BCUT2D eigenvalue weighted by atomic mass is 10.0. The Hall–Kier alpha value is -0.120. The zero-order chi connectivity index (χ0) is 10.9. The molecule has 0 radical (unpaired) electrons. The Bertz CT molecular complexity index is 147. The van der Waals surface area contributed by atoms with Crippen molar-refractivity contribution in [2.45, 2.75) is 57.8 Å². The van der Waals surface area contributed by atoms with Gasteiger partial charge in [0.25, 0.3) is 0 Å². The van der Waals surface area contributed by atoms with E-state index in [1.165, 1.54) is 32.1 Å². The molecule has 1 saturated heterocycles. The summed E-state index contributed by atoms with van der Waals surface area (Å²) in [6, 6.07) is 0.546. The summed E-state index contributed by atoms with van der Waals surface area (Å²) in [5, 5.41) is 3.35. The molecule has 0 aliphatic carbocycles. The first-order chi connectivity index (χ1) is 7.36. The summed E-state index contributed by atoms with van der Waals surface area (Å²) in [4.78, 5) is 0. The van der Waals surface area contributed by atoms with Crippen LogP contribution >= 0.6 is 0 Å². The van der Waals surface area contributed by atoms with Gasteiger partial charge in [0.1, 0.15) is 0 Å². The molecular formula is C12H25NO2. The lowest BCUT2D eigenvalue weighted by Gasteiger charge is -2.19. The molecule has 3 heteroatoms. The fourth-order valence-electron chi connectivity index (χ4n) is 1.97. The Labute approximate surface area is 93.5 Å². The van der Waals surface area contributed by atoms with E-state index in [0.29, 0.717) is 6.04 Å². The van der Waals surface area contributed by atoms with E-state index in [2.05, 4.69) is 12.2 Å². The molecule has 1 aliphatic rings. The minimum absolute atomic E-state index is 0.0358. The number of hydrogen-bond donors (Lipinski definition) is 1. The van der Waals surface area contributed by atoms with Crippen LogP contribution in [0.1, 0.15) is 45.4 Å². The van der Waals surface area contributed by atoms with Crippen molar-refractivity contribution >= 4 is 0 Å². The SMILES string of the molecule is CCCCCCC(CC1OCCO1)NC. The van der Waals surface area contributed by atoms with E-state index >= 15 is 0 Å². The second-order valence-corrected chi connectivity index (χ2v) is 4.24. The third-order valence-corrected chi connectivity index (χ3v) is 2.98. The maximum atomic E-state index is 5.45. The number of ether oxygens (including phenoxy) is 2. The monoisotopic (exact) mass is 215 g/mol. The molecule has 0 bridgehead atoms. The zero-order valence-corrected chi connectivity index (χ0v) is 10.1. The van der Waals surface area contributed by atoms with Crippen molar-refractivity contribution in [3.05, 3.63) is 0 Å². The van der Waals surface area contributed by atoms with E-state index in [9.17, 15) is 0 Å². The van der Waals surface area contributed by atoms with E-state index in [0.717, 1.165) is 19.6 Å². The van der Waals surface area contributed by atoms with Gasteiger partial charge in [-0.3, -0.25) is 0 Å². The summed E-state index contributed by atoms with van der Waals surface area (Å²) in [6.07, 6.45) is 7.58. The Morgan fingerprint density at radius 2 is 1.93 bits per heavy atom. The summed E-state index contributed by atoms with van der Waals surface area (Å²) < 4.78 is 10.9. The highest BCUT2D eigenvalue weighted by Gasteiger charge is 2.19. The van der Waals surface area contributed by atoms with E-state index in [1.54, 1.807) is 0 Å². The average Bonchev–Trinajstić information content (AvgIpc) is 2.75. The van der Waals surface area contributed by atoms with Crippen LogP contribution in [0.5, 0.6) is 0 Å². The third kappa shape index (κ3) is 5.50. The fourth-order valence-corrected chi connectivity index (χ4v) is 1.97. The highest BCUT2D eigenvalue weighted by atomic mass is 16.7. The quantitative estimate of drug-likeness (QED) is 0.630. The van der Waals surface area contributed by atoms with Crippen LogP contribution in [0, 0.1) is 0 Å². The fraction of sp³-hybridized carbons (Fsp3) is 1.00.